The SMILES string of the molecule is O.c1ccc(-c2cnc3ccccc3c2-c2ccccc2)cc1.c1ccc(-c2cnc3ccccc3c2-c2ccccc2)cc1. The number of hydrogen-bond acceptors (Lipinski definition) is 2. The summed E-state index contributed by atoms with van der Waals surface area (Å²) in [6, 6.07) is 58.6. The molecule has 0 spiro atoms. The largest absolute Gasteiger partial charge is 0.412 e. The van der Waals surface area contributed by atoms with E-state index in [9.17, 15) is 0 Å². The van der Waals surface area contributed by atoms with Gasteiger partial charge in [-0.2, -0.15) is 0 Å². The third kappa shape index (κ3) is 6.12. The lowest BCUT2D eigenvalue weighted by Gasteiger charge is -2.13. The Balaban J connectivity index is 0.000000155. The van der Waals surface area contributed by atoms with Gasteiger partial charge in [0.25, 0.3) is 0 Å². The van der Waals surface area contributed by atoms with Crippen LogP contribution in [0.1, 0.15) is 0 Å². The molecule has 6 aromatic carbocycles. The van der Waals surface area contributed by atoms with Crippen molar-refractivity contribution >= 4 is 21.8 Å². The van der Waals surface area contributed by atoms with Crippen LogP contribution in [0.25, 0.3) is 66.3 Å². The summed E-state index contributed by atoms with van der Waals surface area (Å²) in [5.74, 6) is 0. The van der Waals surface area contributed by atoms with Gasteiger partial charge in [-0.25, -0.2) is 0 Å². The summed E-state index contributed by atoms with van der Waals surface area (Å²) in [6.45, 7) is 0. The molecular weight excluding hydrogens is 548 g/mol. The van der Waals surface area contributed by atoms with Crippen molar-refractivity contribution in [3.05, 3.63) is 182 Å². The number of hydrogen-bond donors (Lipinski definition) is 0. The first-order chi connectivity index (χ1) is 21.9. The molecule has 0 aliphatic heterocycles. The molecule has 2 N–H and O–H groups in total. The summed E-state index contributed by atoms with van der Waals surface area (Å²) < 4.78 is 0. The van der Waals surface area contributed by atoms with Crippen molar-refractivity contribution in [2.24, 2.45) is 0 Å². The molecule has 45 heavy (non-hydrogen) atoms. The van der Waals surface area contributed by atoms with E-state index in [0.29, 0.717) is 0 Å². The molecule has 0 aliphatic carbocycles. The predicted octanol–water partition coefficient (Wildman–Crippen LogP) is 10.3. The maximum Gasteiger partial charge on any atom is 0.0708 e. The van der Waals surface area contributed by atoms with Crippen molar-refractivity contribution in [2.75, 3.05) is 0 Å². The minimum absolute atomic E-state index is 0. The van der Waals surface area contributed by atoms with Gasteiger partial charge in [0.05, 0.1) is 11.0 Å². The quantitative estimate of drug-likeness (QED) is 0.208. The molecule has 2 aromatic heterocycles. The standard InChI is InChI=1S/2C21H15N.H2O/c2*1-3-9-16(10-4-1)19-15-22-20-14-8-7-13-18(20)21(19)17-11-5-2-6-12-17;/h2*1-15H;1H2. The van der Waals surface area contributed by atoms with Crippen LogP contribution in [0.2, 0.25) is 0 Å². The topological polar surface area (TPSA) is 57.3 Å². The fourth-order valence-corrected chi connectivity index (χ4v) is 5.79. The molecule has 0 saturated carbocycles. The fraction of sp³-hybridized carbons (Fsp3) is 0. The van der Waals surface area contributed by atoms with Crippen LogP contribution >= 0.6 is 0 Å². The highest BCUT2D eigenvalue weighted by atomic mass is 16.0. The van der Waals surface area contributed by atoms with Crippen LogP contribution < -0.4 is 0 Å². The van der Waals surface area contributed by atoms with E-state index in [0.717, 1.165) is 11.0 Å². The zero-order chi connectivity index (χ0) is 29.6. The monoisotopic (exact) mass is 580 g/mol. The van der Waals surface area contributed by atoms with Crippen molar-refractivity contribution in [2.45, 2.75) is 0 Å². The van der Waals surface area contributed by atoms with Gasteiger partial charge in [-0.15, -0.1) is 0 Å². The molecule has 2 heterocycles. The van der Waals surface area contributed by atoms with Crippen molar-refractivity contribution < 1.29 is 5.48 Å². The van der Waals surface area contributed by atoms with Crippen LogP contribution in [0.5, 0.6) is 0 Å². The van der Waals surface area contributed by atoms with Gasteiger partial charge in [0.2, 0.25) is 0 Å². The Morgan fingerprint density at radius 2 is 0.578 bits per heavy atom. The number of para-hydroxylation sites is 2. The molecule has 0 amide bonds. The van der Waals surface area contributed by atoms with Crippen molar-refractivity contribution in [1.29, 1.82) is 0 Å². The molecule has 0 aliphatic rings. The Bertz CT molecular complexity index is 1990. The highest BCUT2D eigenvalue weighted by Crippen LogP contribution is 2.38. The summed E-state index contributed by atoms with van der Waals surface area (Å²) in [6.07, 6.45) is 3.97. The Morgan fingerprint density at radius 3 is 0.933 bits per heavy atom. The molecule has 3 nitrogen and oxygen atoms in total. The van der Waals surface area contributed by atoms with Crippen molar-refractivity contribution in [3.63, 3.8) is 0 Å². The lowest BCUT2D eigenvalue weighted by Crippen LogP contribution is -1.90. The molecular formula is C42H32N2O. The zero-order valence-electron chi connectivity index (χ0n) is 24.7. The Kier molecular flexibility index (Phi) is 8.82. The van der Waals surface area contributed by atoms with Gasteiger partial charge in [-0.3, -0.25) is 9.97 Å². The maximum absolute atomic E-state index is 4.64. The van der Waals surface area contributed by atoms with Gasteiger partial charge < -0.3 is 5.48 Å². The van der Waals surface area contributed by atoms with Gasteiger partial charge in [-0.05, 0) is 34.4 Å². The Morgan fingerprint density at radius 1 is 0.289 bits per heavy atom. The van der Waals surface area contributed by atoms with Gasteiger partial charge in [0.1, 0.15) is 0 Å². The van der Waals surface area contributed by atoms with Crippen LogP contribution in [-0.4, -0.2) is 15.4 Å². The lowest BCUT2D eigenvalue weighted by atomic mass is 9.93. The average molecular weight is 581 g/mol. The van der Waals surface area contributed by atoms with Gasteiger partial charge in [0, 0.05) is 45.4 Å². The summed E-state index contributed by atoms with van der Waals surface area (Å²) >= 11 is 0. The second-order valence-electron chi connectivity index (χ2n) is 10.6. The normalized spacial score (nSPS) is 10.5. The average Bonchev–Trinajstić information content (AvgIpc) is 3.12. The maximum atomic E-state index is 4.64. The van der Waals surface area contributed by atoms with Crippen LogP contribution in [-0.2, 0) is 0 Å². The van der Waals surface area contributed by atoms with Crippen molar-refractivity contribution in [1.82, 2.24) is 9.97 Å². The zero-order valence-corrected chi connectivity index (χ0v) is 24.7. The smallest absolute Gasteiger partial charge is 0.0708 e. The summed E-state index contributed by atoms with van der Waals surface area (Å²) in [7, 11) is 0. The number of nitrogens with zero attached hydrogens (tertiary/aromatic N) is 2. The van der Waals surface area contributed by atoms with E-state index in [4.69, 9.17) is 0 Å². The van der Waals surface area contributed by atoms with E-state index in [-0.39, 0.29) is 5.48 Å². The van der Waals surface area contributed by atoms with E-state index in [2.05, 4.69) is 156 Å². The molecule has 216 valence electrons. The third-order valence-corrected chi connectivity index (χ3v) is 7.85. The Labute approximate surface area is 263 Å². The van der Waals surface area contributed by atoms with E-state index < -0.39 is 0 Å². The molecule has 8 rings (SSSR count). The number of pyridine rings is 2. The van der Waals surface area contributed by atoms with E-state index in [1.807, 2.05) is 36.7 Å². The molecule has 0 fully saturated rings. The highest BCUT2D eigenvalue weighted by Gasteiger charge is 2.13. The minimum Gasteiger partial charge on any atom is -0.412 e. The number of aromatic nitrogens is 2. The van der Waals surface area contributed by atoms with Gasteiger partial charge in [0.15, 0.2) is 0 Å². The van der Waals surface area contributed by atoms with E-state index in [1.54, 1.807) is 0 Å². The number of rotatable bonds is 4. The molecule has 0 unspecified atom stereocenters. The van der Waals surface area contributed by atoms with Crippen LogP contribution in [0.15, 0.2) is 182 Å². The van der Waals surface area contributed by atoms with Crippen LogP contribution in [0.4, 0.5) is 0 Å². The van der Waals surface area contributed by atoms with Crippen molar-refractivity contribution in [3.8, 4) is 44.5 Å². The molecule has 0 radical (unpaired) electrons. The third-order valence-electron chi connectivity index (χ3n) is 7.85. The number of fused-ring (bicyclic) bond motifs is 2. The first-order valence-corrected chi connectivity index (χ1v) is 14.8. The minimum atomic E-state index is 0. The number of benzene rings is 6. The summed E-state index contributed by atoms with van der Waals surface area (Å²) in [4.78, 5) is 9.29. The molecule has 8 aromatic rings. The van der Waals surface area contributed by atoms with Crippen LogP contribution in [0.3, 0.4) is 0 Å². The summed E-state index contributed by atoms with van der Waals surface area (Å²) in [5, 5.41) is 2.38. The molecule has 0 atom stereocenters. The second kappa shape index (κ2) is 13.6. The molecule has 0 saturated heterocycles. The molecule has 3 heteroatoms. The van der Waals surface area contributed by atoms with Gasteiger partial charge >= 0.3 is 0 Å². The summed E-state index contributed by atoms with van der Waals surface area (Å²) in [5.41, 5.74) is 11.7. The molecule has 0 bridgehead atoms. The first-order valence-electron chi connectivity index (χ1n) is 14.8. The lowest BCUT2D eigenvalue weighted by molar-refractivity contribution is 0.824. The van der Waals surface area contributed by atoms with E-state index in [1.165, 1.54) is 55.3 Å². The van der Waals surface area contributed by atoms with E-state index >= 15 is 0 Å². The highest BCUT2D eigenvalue weighted by molar-refractivity contribution is 6.03. The van der Waals surface area contributed by atoms with Gasteiger partial charge in [-0.1, -0.05) is 158 Å². The first kappa shape index (κ1) is 29.2. The fourth-order valence-electron chi connectivity index (χ4n) is 5.79. The van der Waals surface area contributed by atoms with Crippen LogP contribution in [0, 0.1) is 0 Å². The Hall–Kier alpha value is -5.90. The predicted molar refractivity (Wildman–Crippen MR) is 189 cm³/mol. The second-order valence-corrected chi connectivity index (χ2v) is 10.6.